The fourth-order valence-electron chi connectivity index (χ4n) is 2.82. The first-order valence-corrected chi connectivity index (χ1v) is 11.0. The van der Waals surface area contributed by atoms with Crippen molar-refractivity contribution in [2.24, 2.45) is 0 Å². The van der Waals surface area contributed by atoms with Crippen LogP contribution in [0.2, 0.25) is 5.02 Å². The summed E-state index contributed by atoms with van der Waals surface area (Å²) in [5.74, 6) is 0.224. The van der Waals surface area contributed by atoms with Crippen LogP contribution in [0.3, 0.4) is 0 Å². The molecule has 9 heteroatoms. The number of carbonyl (C=O) groups excluding carboxylic acids is 1. The van der Waals surface area contributed by atoms with Gasteiger partial charge in [-0.25, -0.2) is 13.4 Å². The Kier molecular flexibility index (Phi) is 5.75. The Morgan fingerprint density at radius 2 is 1.68 bits per heavy atom. The molecular weight excluding hydrogens is 438 g/mol. The van der Waals surface area contributed by atoms with E-state index in [1.54, 1.807) is 66.9 Å². The van der Waals surface area contributed by atoms with Gasteiger partial charge in [0.1, 0.15) is 0 Å². The summed E-state index contributed by atoms with van der Waals surface area (Å²) in [5.41, 5.74) is 1.93. The summed E-state index contributed by atoms with van der Waals surface area (Å²) in [5, 5.41) is 3.21. The summed E-state index contributed by atoms with van der Waals surface area (Å²) in [6.07, 6.45) is 2.91. The van der Waals surface area contributed by atoms with Gasteiger partial charge in [0.05, 0.1) is 11.1 Å². The average molecular weight is 454 g/mol. The van der Waals surface area contributed by atoms with E-state index in [2.05, 4.69) is 15.0 Å². The molecule has 1 heterocycles. The minimum absolute atomic E-state index is 0.0147. The number of oxazole rings is 1. The molecule has 0 radical (unpaired) electrons. The van der Waals surface area contributed by atoms with Gasteiger partial charge in [-0.3, -0.25) is 9.52 Å². The first kappa shape index (κ1) is 20.6. The molecule has 0 unspecified atom stereocenters. The van der Waals surface area contributed by atoms with Crippen LogP contribution in [0.5, 0.6) is 0 Å². The topological polar surface area (TPSA) is 101 Å². The highest BCUT2D eigenvalue weighted by Gasteiger charge is 2.16. The molecule has 0 bridgehead atoms. The van der Waals surface area contributed by atoms with Crippen molar-refractivity contribution >= 4 is 38.9 Å². The third kappa shape index (κ3) is 4.93. The van der Waals surface area contributed by atoms with Crippen LogP contribution in [0.25, 0.3) is 11.3 Å². The molecule has 7 nitrogen and oxygen atoms in total. The second kappa shape index (κ2) is 8.63. The quantitative estimate of drug-likeness (QED) is 0.425. The molecule has 0 saturated heterocycles. The van der Waals surface area contributed by atoms with E-state index in [-0.39, 0.29) is 10.8 Å². The normalized spacial score (nSPS) is 11.1. The number of hydrogen-bond acceptors (Lipinski definition) is 5. The van der Waals surface area contributed by atoms with E-state index in [1.165, 1.54) is 18.5 Å². The lowest BCUT2D eigenvalue weighted by Gasteiger charge is -2.10. The van der Waals surface area contributed by atoms with E-state index in [0.717, 1.165) is 5.56 Å². The van der Waals surface area contributed by atoms with E-state index < -0.39 is 10.0 Å². The summed E-state index contributed by atoms with van der Waals surface area (Å²) in [7, 11) is -3.84. The van der Waals surface area contributed by atoms with Gasteiger partial charge in [0, 0.05) is 27.5 Å². The third-order valence-electron chi connectivity index (χ3n) is 4.36. The summed E-state index contributed by atoms with van der Waals surface area (Å²) in [4.78, 5) is 16.5. The van der Waals surface area contributed by atoms with Gasteiger partial charge in [0.15, 0.2) is 12.2 Å². The maximum absolute atomic E-state index is 12.7. The Bertz CT molecular complexity index is 1300. The van der Waals surface area contributed by atoms with Gasteiger partial charge in [0.2, 0.25) is 0 Å². The van der Waals surface area contributed by atoms with Gasteiger partial charge >= 0.3 is 0 Å². The van der Waals surface area contributed by atoms with Gasteiger partial charge in [0.25, 0.3) is 15.9 Å². The Labute approximate surface area is 183 Å². The average Bonchev–Trinajstić information content (AvgIpc) is 3.30. The largest absolute Gasteiger partial charge is 0.444 e. The van der Waals surface area contributed by atoms with Gasteiger partial charge in [-0.15, -0.1) is 0 Å². The molecule has 156 valence electrons. The zero-order chi connectivity index (χ0) is 21.8. The van der Waals surface area contributed by atoms with Crippen LogP contribution in [-0.4, -0.2) is 19.3 Å². The molecule has 0 aliphatic carbocycles. The summed E-state index contributed by atoms with van der Waals surface area (Å²) < 4.78 is 33.1. The summed E-state index contributed by atoms with van der Waals surface area (Å²) >= 11 is 5.83. The summed E-state index contributed by atoms with van der Waals surface area (Å²) in [6.45, 7) is 0. The summed E-state index contributed by atoms with van der Waals surface area (Å²) in [6, 6.07) is 19.1. The Hall–Kier alpha value is -3.62. The number of sulfonamides is 1. The molecule has 2 N–H and O–H groups in total. The van der Waals surface area contributed by atoms with Gasteiger partial charge in [-0.1, -0.05) is 29.8 Å². The van der Waals surface area contributed by atoms with Crippen molar-refractivity contribution in [1.82, 2.24) is 4.98 Å². The Morgan fingerprint density at radius 3 is 2.35 bits per heavy atom. The molecule has 4 rings (SSSR count). The van der Waals surface area contributed by atoms with Crippen molar-refractivity contribution in [3.05, 3.63) is 96.0 Å². The number of benzene rings is 3. The number of anilines is 2. The zero-order valence-corrected chi connectivity index (χ0v) is 17.5. The fraction of sp³-hybridized carbons (Fsp3) is 0. The van der Waals surface area contributed by atoms with Crippen LogP contribution >= 0.6 is 11.6 Å². The number of nitrogens with zero attached hydrogens (tertiary/aromatic N) is 1. The number of carbonyl (C=O) groups is 1. The van der Waals surface area contributed by atoms with Crippen molar-refractivity contribution in [3.8, 4) is 11.3 Å². The predicted octanol–water partition coefficient (Wildman–Crippen LogP) is 5.05. The lowest BCUT2D eigenvalue weighted by molar-refractivity contribution is 0.102. The maximum atomic E-state index is 12.7. The molecule has 1 aromatic heterocycles. The van der Waals surface area contributed by atoms with E-state index in [0.29, 0.717) is 27.7 Å². The lowest BCUT2D eigenvalue weighted by atomic mass is 10.1. The van der Waals surface area contributed by atoms with Gasteiger partial charge in [-0.2, -0.15) is 0 Å². The number of hydrogen-bond donors (Lipinski definition) is 2. The lowest BCUT2D eigenvalue weighted by Crippen LogP contribution is -2.15. The molecule has 0 spiro atoms. The standard InChI is InChI=1S/C22H16ClN3O4S/c23-17-8-10-18(11-9-17)26-31(28,29)20-3-1-2-19(12-20)25-22(27)16-6-4-15(5-7-16)21-13-24-14-30-21/h1-14,26H,(H,25,27). The molecule has 0 fully saturated rings. The van der Waals surface area contributed by atoms with Crippen LogP contribution in [0, 0.1) is 0 Å². The monoisotopic (exact) mass is 453 g/mol. The molecule has 31 heavy (non-hydrogen) atoms. The van der Waals surface area contributed by atoms with Crippen LogP contribution in [0.15, 0.2) is 94.7 Å². The molecule has 0 aliphatic rings. The molecular formula is C22H16ClN3O4S. The highest BCUT2D eigenvalue weighted by molar-refractivity contribution is 7.92. The number of rotatable bonds is 6. The van der Waals surface area contributed by atoms with Crippen molar-refractivity contribution in [3.63, 3.8) is 0 Å². The van der Waals surface area contributed by atoms with Gasteiger partial charge < -0.3 is 9.73 Å². The second-order valence-electron chi connectivity index (χ2n) is 6.54. The van der Waals surface area contributed by atoms with Crippen molar-refractivity contribution in [2.45, 2.75) is 4.90 Å². The number of amides is 1. The second-order valence-corrected chi connectivity index (χ2v) is 8.66. The first-order valence-electron chi connectivity index (χ1n) is 9.09. The van der Waals surface area contributed by atoms with E-state index in [9.17, 15) is 13.2 Å². The van der Waals surface area contributed by atoms with Crippen LogP contribution in [-0.2, 0) is 10.0 Å². The SMILES string of the molecule is O=C(Nc1cccc(S(=O)(=O)Nc2ccc(Cl)cc2)c1)c1ccc(-c2cnco2)cc1. The molecule has 0 saturated carbocycles. The van der Waals surface area contributed by atoms with Crippen LogP contribution < -0.4 is 10.0 Å². The number of aromatic nitrogens is 1. The highest BCUT2D eigenvalue weighted by Crippen LogP contribution is 2.22. The van der Waals surface area contributed by atoms with Crippen LogP contribution in [0.4, 0.5) is 11.4 Å². The maximum Gasteiger partial charge on any atom is 0.261 e. The zero-order valence-electron chi connectivity index (χ0n) is 15.9. The van der Waals surface area contributed by atoms with Crippen molar-refractivity contribution in [2.75, 3.05) is 10.0 Å². The molecule has 0 aliphatic heterocycles. The minimum atomic E-state index is -3.84. The molecule has 1 amide bonds. The van der Waals surface area contributed by atoms with E-state index >= 15 is 0 Å². The van der Waals surface area contributed by atoms with E-state index in [4.69, 9.17) is 16.0 Å². The fourth-order valence-corrected chi connectivity index (χ4v) is 4.05. The minimum Gasteiger partial charge on any atom is -0.444 e. The first-order chi connectivity index (χ1) is 14.9. The van der Waals surface area contributed by atoms with Gasteiger partial charge in [-0.05, 0) is 54.6 Å². The van der Waals surface area contributed by atoms with Crippen LogP contribution in [0.1, 0.15) is 10.4 Å². The Morgan fingerprint density at radius 1 is 0.935 bits per heavy atom. The van der Waals surface area contributed by atoms with E-state index in [1.807, 2.05) is 0 Å². The molecule has 3 aromatic carbocycles. The highest BCUT2D eigenvalue weighted by atomic mass is 35.5. The Balaban J connectivity index is 1.49. The predicted molar refractivity (Wildman–Crippen MR) is 119 cm³/mol. The third-order valence-corrected chi connectivity index (χ3v) is 5.99. The van der Waals surface area contributed by atoms with Crippen molar-refractivity contribution < 1.29 is 17.6 Å². The number of halogens is 1. The molecule has 4 aromatic rings. The molecule has 0 atom stereocenters. The van der Waals surface area contributed by atoms with Crippen molar-refractivity contribution in [1.29, 1.82) is 0 Å². The smallest absolute Gasteiger partial charge is 0.261 e. The number of nitrogens with one attached hydrogen (secondary N) is 2.